The number of rotatable bonds is 5. The summed E-state index contributed by atoms with van der Waals surface area (Å²) in [5.74, 6) is 1.43. The van der Waals surface area contributed by atoms with E-state index in [1.165, 1.54) is 10.6 Å². The molecule has 134 valence electrons. The maximum absolute atomic E-state index is 11.2. The van der Waals surface area contributed by atoms with Crippen LogP contribution in [-0.4, -0.2) is 41.9 Å². The molecular weight excluding hydrogens is 322 g/mol. The first kappa shape index (κ1) is 18.7. The van der Waals surface area contributed by atoms with Crippen molar-refractivity contribution in [2.45, 2.75) is 52.5 Å². The van der Waals surface area contributed by atoms with E-state index in [9.17, 15) is 4.79 Å². The van der Waals surface area contributed by atoms with Crippen LogP contribution in [0.1, 0.15) is 54.6 Å². The van der Waals surface area contributed by atoms with Crippen LogP contribution in [0, 0.1) is 12.8 Å². The zero-order valence-corrected chi connectivity index (χ0v) is 15.9. The molecule has 6 nitrogen and oxygen atoms in total. The molecule has 1 saturated heterocycles. The number of primary amides is 1. The van der Waals surface area contributed by atoms with Crippen molar-refractivity contribution >= 4 is 23.2 Å². The highest BCUT2D eigenvalue weighted by Crippen LogP contribution is 2.24. The highest BCUT2D eigenvalue weighted by atomic mass is 32.1. The van der Waals surface area contributed by atoms with Gasteiger partial charge in [0, 0.05) is 31.4 Å². The van der Waals surface area contributed by atoms with E-state index < -0.39 is 0 Å². The molecule has 0 aromatic carbocycles. The molecule has 7 heteroatoms. The number of likely N-dealkylation sites (tertiary alicyclic amines) is 1. The van der Waals surface area contributed by atoms with Gasteiger partial charge in [-0.25, -0.2) is 4.98 Å². The van der Waals surface area contributed by atoms with Crippen LogP contribution in [0.2, 0.25) is 0 Å². The summed E-state index contributed by atoms with van der Waals surface area (Å²) in [7, 11) is 1.80. The number of aryl methyl sites for hydroxylation is 1. The first-order valence-corrected chi connectivity index (χ1v) is 9.42. The van der Waals surface area contributed by atoms with Gasteiger partial charge >= 0.3 is 0 Å². The maximum Gasteiger partial charge on any atom is 0.217 e. The van der Waals surface area contributed by atoms with Crippen LogP contribution in [0.3, 0.4) is 0 Å². The van der Waals surface area contributed by atoms with Crippen molar-refractivity contribution in [3.05, 3.63) is 15.6 Å². The van der Waals surface area contributed by atoms with Crippen LogP contribution in [0.5, 0.6) is 0 Å². The third-order valence-corrected chi connectivity index (χ3v) is 5.33. The van der Waals surface area contributed by atoms with E-state index in [0.29, 0.717) is 24.8 Å². The van der Waals surface area contributed by atoms with Crippen molar-refractivity contribution < 1.29 is 4.79 Å². The lowest BCUT2D eigenvalue weighted by atomic mass is 9.95. The number of amides is 1. The Kier molecular flexibility index (Phi) is 6.60. The van der Waals surface area contributed by atoms with Gasteiger partial charge in [-0.05, 0) is 31.6 Å². The Balaban J connectivity index is 1.94. The normalized spacial score (nSPS) is 19.0. The maximum atomic E-state index is 11.2. The predicted octanol–water partition coefficient (Wildman–Crippen LogP) is 2.24. The van der Waals surface area contributed by atoms with Crippen molar-refractivity contribution in [3.8, 4) is 0 Å². The summed E-state index contributed by atoms with van der Waals surface area (Å²) < 4.78 is 0. The van der Waals surface area contributed by atoms with Gasteiger partial charge in [0.15, 0.2) is 5.96 Å². The number of aromatic nitrogens is 1. The number of nitrogens with zero attached hydrogens (tertiary/aromatic N) is 3. The number of guanidine groups is 1. The third-order valence-electron chi connectivity index (χ3n) is 4.34. The highest BCUT2D eigenvalue weighted by molar-refractivity contribution is 7.11. The van der Waals surface area contributed by atoms with Crippen LogP contribution in [0.15, 0.2) is 4.99 Å². The largest absolute Gasteiger partial charge is 0.370 e. The number of hydrogen-bond acceptors (Lipinski definition) is 4. The van der Waals surface area contributed by atoms with E-state index in [0.717, 1.165) is 36.9 Å². The number of hydrogen-bond donors (Lipinski definition) is 2. The highest BCUT2D eigenvalue weighted by Gasteiger charge is 2.23. The summed E-state index contributed by atoms with van der Waals surface area (Å²) in [5.41, 5.74) is 6.53. The minimum Gasteiger partial charge on any atom is -0.370 e. The summed E-state index contributed by atoms with van der Waals surface area (Å²) in [6.45, 7) is 8.95. The smallest absolute Gasteiger partial charge is 0.217 e. The van der Waals surface area contributed by atoms with Crippen molar-refractivity contribution in [3.63, 3.8) is 0 Å². The standard InChI is InChI=1S/C17H29N5OS/c1-11(2)16-12(3)24-15(21-16)9-20-17(19-4)22-7-5-6-13(10-22)8-14(18)23/h11,13H,5-10H2,1-4H3,(H2,18,23)(H,19,20). The first-order valence-electron chi connectivity index (χ1n) is 8.60. The molecule has 3 N–H and O–H groups in total. The molecule has 2 heterocycles. The molecule has 0 bridgehead atoms. The molecular formula is C17H29N5OS. The van der Waals surface area contributed by atoms with Gasteiger partial charge in [0.2, 0.25) is 5.91 Å². The minimum absolute atomic E-state index is 0.218. The molecule has 0 radical (unpaired) electrons. The van der Waals surface area contributed by atoms with Crippen molar-refractivity contribution in [2.75, 3.05) is 20.1 Å². The Labute approximate surface area is 148 Å². The van der Waals surface area contributed by atoms with Crippen molar-refractivity contribution in [1.82, 2.24) is 15.2 Å². The average Bonchev–Trinajstić information content (AvgIpc) is 2.89. The Hall–Kier alpha value is -1.63. The van der Waals surface area contributed by atoms with Crippen LogP contribution in [-0.2, 0) is 11.3 Å². The fraction of sp³-hybridized carbons (Fsp3) is 0.706. The second kappa shape index (κ2) is 8.46. The zero-order chi connectivity index (χ0) is 17.7. The SMILES string of the molecule is CN=C(NCc1nc(C(C)C)c(C)s1)N1CCCC(CC(N)=O)C1. The Morgan fingerprint density at radius 1 is 1.54 bits per heavy atom. The van der Waals surface area contributed by atoms with E-state index in [2.05, 4.69) is 36.0 Å². The fourth-order valence-electron chi connectivity index (χ4n) is 3.27. The molecule has 0 spiro atoms. The molecule has 24 heavy (non-hydrogen) atoms. The Morgan fingerprint density at radius 3 is 2.88 bits per heavy atom. The predicted molar refractivity (Wildman–Crippen MR) is 99.2 cm³/mol. The number of aliphatic imine (C=N–C) groups is 1. The lowest BCUT2D eigenvalue weighted by molar-refractivity contribution is -0.119. The second-order valence-electron chi connectivity index (χ2n) is 6.73. The minimum atomic E-state index is -0.218. The van der Waals surface area contributed by atoms with Gasteiger partial charge in [0.25, 0.3) is 0 Å². The lowest BCUT2D eigenvalue weighted by Crippen LogP contribution is -2.46. The van der Waals surface area contributed by atoms with E-state index in [-0.39, 0.29) is 5.91 Å². The molecule has 1 atom stereocenters. The molecule has 1 amide bonds. The van der Waals surface area contributed by atoms with E-state index in [1.807, 2.05) is 0 Å². The Morgan fingerprint density at radius 2 is 2.29 bits per heavy atom. The number of piperidine rings is 1. The van der Waals surface area contributed by atoms with Gasteiger partial charge in [-0.3, -0.25) is 9.79 Å². The fourth-order valence-corrected chi connectivity index (χ4v) is 4.30. The molecule has 1 unspecified atom stereocenters. The van der Waals surface area contributed by atoms with Gasteiger partial charge in [-0.1, -0.05) is 13.8 Å². The molecule has 0 aliphatic carbocycles. The van der Waals surface area contributed by atoms with Gasteiger partial charge in [-0.2, -0.15) is 0 Å². The van der Waals surface area contributed by atoms with Crippen LogP contribution >= 0.6 is 11.3 Å². The summed E-state index contributed by atoms with van der Waals surface area (Å²) in [5, 5.41) is 4.50. The van der Waals surface area contributed by atoms with Crippen LogP contribution < -0.4 is 11.1 Å². The topological polar surface area (TPSA) is 83.6 Å². The van der Waals surface area contributed by atoms with E-state index >= 15 is 0 Å². The average molecular weight is 352 g/mol. The number of nitrogens with one attached hydrogen (secondary N) is 1. The van der Waals surface area contributed by atoms with Gasteiger partial charge < -0.3 is 16.0 Å². The lowest BCUT2D eigenvalue weighted by Gasteiger charge is -2.34. The van der Waals surface area contributed by atoms with Crippen LogP contribution in [0.25, 0.3) is 0 Å². The van der Waals surface area contributed by atoms with Crippen LogP contribution in [0.4, 0.5) is 0 Å². The van der Waals surface area contributed by atoms with Gasteiger partial charge in [0.05, 0.1) is 12.2 Å². The Bertz CT molecular complexity index is 596. The third kappa shape index (κ3) is 4.93. The van der Waals surface area contributed by atoms with E-state index in [1.54, 1.807) is 18.4 Å². The van der Waals surface area contributed by atoms with Gasteiger partial charge in [-0.15, -0.1) is 11.3 Å². The quantitative estimate of drug-likeness (QED) is 0.629. The number of carbonyl (C=O) groups excluding carboxylic acids is 1. The second-order valence-corrected chi connectivity index (χ2v) is 8.02. The van der Waals surface area contributed by atoms with Crippen molar-refractivity contribution in [1.29, 1.82) is 0 Å². The number of nitrogens with two attached hydrogens (primary N) is 1. The molecule has 0 saturated carbocycles. The monoisotopic (exact) mass is 351 g/mol. The molecule has 1 aliphatic rings. The van der Waals surface area contributed by atoms with E-state index in [4.69, 9.17) is 10.7 Å². The number of carbonyl (C=O) groups is 1. The van der Waals surface area contributed by atoms with Gasteiger partial charge in [0.1, 0.15) is 5.01 Å². The molecule has 1 aromatic heterocycles. The molecule has 2 rings (SSSR count). The molecule has 1 aliphatic heterocycles. The summed E-state index contributed by atoms with van der Waals surface area (Å²) >= 11 is 1.74. The summed E-state index contributed by atoms with van der Waals surface area (Å²) in [4.78, 5) is 23.8. The summed E-state index contributed by atoms with van der Waals surface area (Å²) in [6, 6.07) is 0. The first-order chi connectivity index (χ1) is 11.4. The molecule has 1 aromatic rings. The number of thiazole rings is 1. The summed E-state index contributed by atoms with van der Waals surface area (Å²) in [6.07, 6.45) is 2.57. The zero-order valence-electron chi connectivity index (χ0n) is 15.1. The van der Waals surface area contributed by atoms with Crippen molar-refractivity contribution in [2.24, 2.45) is 16.6 Å². The molecule has 1 fully saturated rings.